The van der Waals surface area contributed by atoms with Crippen molar-refractivity contribution in [2.75, 3.05) is 28.6 Å². The van der Waals surface area contributed by atoms with Crippen LogP contribution in [0.15, 0.2) is 42.5 Å². The summed E-state index contributed by atoms with van der Waals surface area (Å²) in [5, 5.41) is 17.4. The highest BCUT2D eigenvalue weighted by molar-refractivity contribution is 6.04. The molecular formula is C23H27N5O2. The summed E-state index contributed by atoms with van der Waals surface area (Å²) in [6, 6.07) is 13.7. The van der Waals surface area contributed by atoms with Crippen LogP contribution in [0.3, 0.4) is 0 Å². The van der Waals surface area contributed by atoms with Gasteiger partial charge in [-0.05, 0) is 68.7 Å². The van der Waals surface area contributed by atoms with Crippen LogP contribution in [0.1, 0.15) is 49.0 Å². The normalized spacial score (nSPS) is 14.0. The number of carbonyl (C=O) groups is 2. The van der Waals surface area contributed by atoms with Crippen molar-refractivity contribution in [1.29, 1.82) is 5.26 Å². The van der Waals surface area contributed by atoms with Crippen LogP contribution < -0.4 is 20.9 Å². The number of rotatable bonds is 6. The first kappa shape index (κ1) is 21.2. The highest BCUT2D eigenvalue weighted by atomic mass is 16.2. The molecule has 1 heterocycles. The van der Waals surface area contributed by atoms with E-state index < -0.39 is 6.03 Å². The minimum Gasteiger partial charge on any atom is -0.371 e. The third-order valence-electron chi connectivity index (χ3n) is 5.21. The Balaban J connectivity index is 1.77. The van der Waals surface area contributed by atoms with E-state index in [0.29, 0.717) is 22.5 Å². The molecule has 1 atom stereocenters. The van der Waals surface area contributed by atoms with E-state index in [1.165, 1.54) is 0 Å². The molecule has 0 unspecified atom stereocenters. The largest absolute Gasteiger partial charge is 0.371 e. The Morgan fingerprint density at radius 3 is 2.33 bits per heavy atom. The second-order valence-corrected chi connectivity index (χ2v) is 7.48. The van der Waals surface area contributed by atoms with Crippen molar-refractivity contribution in [2.45, 2.75) is 39.2 Å². The van der Waals surface area contributed by atoms with Crippen LogP contribution in [0.2, 0.25) is 0 Å². The second-order valence-electron chi connectivity index (χ2n) is 7.48. The summed E-state index contributed by atoms with van der Waals surface area (Å²) in [5.41, 5.74) is 3.10. The van der Waals surface area contributed by atoms with Crippen LogP contribution in [0.25, 0.3) is 0 Å². The molecule has 0 aliphatic carbocycles. The SMILES string of the molecule is CC[C@H](C)NC(=O)c1cc(NC(=O)Nc2ccc(C#N)cc2)ccc1N1CCCC1. The first-order valence-corrected chi connectivity index (χ1v) is 10.3. The van der Waals surface area contributed by atoms with Crippen molar-refractivity contribution in [3.63, 3.8) is 0 Å². The number of urea groups is 1. The summed E-state index contributed by atoms with van der Waals surface area (Å²) in [7, 11) is 0. The molecule has 1 aliphatic heterocycles. The maximum atomic E-state index is 12.9. The molecule has 3 amide bonds. The molecule has 0 bridgehead atoms. The van der Waals surface area contributed by atoms with E-state index in [0.717, 1.165) is 38.0 Å². The van der Waals surface area contributed by atoms with Crippen molar-refractivity contribution in [2.24, 2.45) is 0 Å². The van der Waals surface area contributed by atoms with Crippen LogP contribution >= 0.6 is 0 Å². The molecule has 3 N–H and O–H groups in total. The van der Waals surface area contributed by atoms with E-state index in [4.69, 9.17) is 5.26 Å². The number of amides is 3. The molecular weight excluding hydrogens is 378 g/mol. The molecule has 0 spiro atoms. The van der Waals surface area contributed by atoms with Crippen LogP contribution in [-0.4, -0.2) is 31.1 Å². The molecule has 30 heavy (non-hydrogen) atoms. The summed E-state index contributed by atoms with van der Waals surface area (Å²) >= 11 is 0. The molecule has 2 aromatic carbocycles. The third-order valence-corrected chi connectivity index (χ3v) is 5.21. The lowest BCUT2D eigenvalue weighted by Gasteiger charge is -2.23. The van der Waals surface area contributed by atoms with Gasteiger partial charge in [-0.3, -0.25) is 4.79 Å². The smallest absolute Gasteiger partial charge is 0.323 e. The molecule has 7 heteroatoms. The maximum Gasteiger partial charge on any atom is 0.323 e. The monoisotopic (exact) mass is 405 g/mol. The fourth-order valence-electron chi connectivity index (χ4n) is 3.35. The van der Waals surface area contributed by atoms with Gasteiger partial charge in [-0.2, -0.15) is 5.26 Å². The summed E-state index contributed by atoms with van der Waals surface area (Å²) in [6.07, 6.45) is 3.06. The number of anilines is 3. The minimum atomic E-state index is -0.415. The predicted octanol–water partition coefficient (Wildman–Crippen LogP) is 4.33. The average molecular weight is 406 g/mol. The third kappa shape index (κ3) is 5.29. The Kier molecular flexibility index (Phi) is 6.91. The minimum absolute atomic E-state index is 0.0697. The van der Waals surface area contributed by atoms with Gasteiger partial charge in [0.25, 0.3) is 5.91 Å². The van der Waals surface area contributed by atoms with Gasteiger partial charge in [0.15, 0.2) is 0 Å². The zero-order valence-electron chi connectivity index (χ0n) is 17.4. The quantitative estimate of drug-likeness (QED) is 0.666. The first-order valence-electron chi connectivity index (χ1n) is 10.3. The van der Waals surface area contributed by atoms with E-state index in [9.17, 15) is 9.59 Å². The lowest BCUT2D eigenvalue weighted by Crippen LogP contribution is -2.33. The highest BCUT2D eigenvalue weighted by Crippen LogP contribution is 2.28. The summed E-state index contributed by atoms with van der Waals surface area (Å²) < 4.78 is 0. The average Bonchev–Trinajstić information content (AvgIpc) is 3.28. The van der Waals surface area contributed by atoms with E-state index >= 15 is 0 Å². The van der Waals surface area contributed by atoms with Gasteiger partial charge in [0.05, 0.1) is 17.2 Å². The van der Waals surface area contributed by atoms with Crippen molar-refractivity contribution in [3.8, 4) is 6.07 Å². The molecule has 2 aromatic rings. The number of carbonyl (C=O) groups excluding carboxylic acids is 2. The Morgan fingerprint density at radius 2 is 1.70 bits per heavy atom. The molecule has 7 nitrogen and oxygen atoms in total. The summed E-state index contributed by atoms with van der Waals surface area (Å²) in [5.74, 6) is -0.137. The Bertz CT molecular complexity index is 943. The molecule has 156 valence electrons. The van der Waals surface area contributed by atoms with Crippen molar-refractivity contribution < 1.29 is 9.59 Å². The van der Waals surface area contributed by atoms with Gasteiger partial charge in [-0.1, -0.05) is 6.92 Å². The summed E-state index contributed by atoms with van der Waals surface area (Å²) in [6.45, 7) is 5.85. The number of nitrogens with one attached hydrogen (secondary N) is 3. The topological polar surface area (TPSA) is 97.3 Å². The number of nitriles is 1. The molecule has 0 aromatic heterocycles. The van der Waals surface area contributed by atoms with Crippen LogP contribution in [0.4, 0.5) is 21.9 Å². The van der Waals surface area contributed by atoms with Crippen LogP contribution in [0, 0.1) is 11.3 Å². The van der Waals surface area contributed by atoms with Crippen LogP contribution in [-0.2, 0) is 0 Å². The lowest BCUT2D eigenvalue weighted by molar-refractivity contribution is 0.0939. The highest BCUT2D eigenvalue weighted by Gasteiger charge is 2.21. The zero-order chi connectivity index (χ0) is 21.5. The Morgan fingerprint density at radius 1 is 1.07 bits per heavy atom. The van der Waals surface area contributed by atoms with Gasteiger partial charge < -0.3 is 20.9 Å². The summed E-state index contributed by atoms with van der Waals surface area (Å²) in [4.78, 5) is 27.5. The van der Waals surface area contributed by atoms with Gasteiger partial charge in [0, 0.05) is 36.2 Å². The van der Waals surface area contributed by atoms with Crippen LogP contribution in [0.5, 0.6) is 0 Å². The second kappa shape index (κ2) is 9.79. The number of benzene rings is 2. The fraction of sp³-hybridized carbons (Fsp3) is 0.348. The molecule has 1 aliphatic rings. The van der Waals surface area contributed by atoms with E-state index in [1.807, 2.05) is 32.0 Å². The molecule has 0 radical (unpaired) electrons. The lowest BCUT2D eigenvalue weighted by atomic mass is 10.1. The predicted molar refractivity (Wildman–Crippen MR) is 119 cm³/mol. The Hall–Kier alpha value is -3.53. The van der Waals surface area contributed by atoms with E-state index in [-0.39, 0.29) is 11.9 Å². The molecule has 1 fully saturated rings. The fourth-order valence-corrected chi connectivity index (χ4v) is 3.35. The zero-order valence-corrected chi connectivity index (χ0v) is 17.4. The number of hydrogen-bond donors (Lipinski definition) is 3. The van der Waals surface area contributed by atoms with Gasteiger partial charge in [0.1, 0.15) is 0 Å². The molecule has 1 saturated heterocycles. The maximum absolute atomic E-state index is 12.9. The number of hydrogen-bond acceptors (Lipinski definition) is 4. The first-order chi connectivity index (χ1) is 14.5. The number of nitrogens with zero attached hydrogens (tertiary/aromatic N) is 2. The standard InChI is InChI=1S/C23H27N5O2/c1-3-16(2)25-22(29)20-14-19(10-11-21(20)28-12-4-5-13-28)27-23(30)26-18-8-6-17(15-24)7-9-18/h6-11,14,16H,3-5,12-13H2,1-2H3,(H,25,29)(H2,26,27,30)/t16-/m0/s1. The van der Waals surface area contributed by atoms with E-state index in [1.54, 1.807) is 30.3 Å². The Labute approximate surface area is 177 Å². The van der Waals surface area contributed by atoms with Crippen molar-refractivity contribution in [1.82, 2.24) is 5.32 Å². The molecule has 3 rings (SSSR count). The van der Waals surface area contributed by atoms with Gasteiger partial charge in [0.2, 0.25) is 0 Å². The van der Waals surface area contributed by atoms with Gasteiger partial charge in [-0.15, -0.1) is 0 Å². The van der Waals surface area contributed by atoms with Gasteiger partial charge >= 0.3 is 6.03 Å². The van der Waals surface area contributed by atoms with Gasteiger partial charge in [-0.25, -0.2) is 4.79 Å². The van der Waals surface area contributed by atoms with E-state index in [2.05, 4.69) is 20.9 Å². The van der Waals surface area contributed by atoms with Crippen molar-refractivity contribution in [3.05, 3.63) is 53.6 Å². The van der Waals surface area contributed by atoms with Crippen molar-refractivity contribution >= 4 is 29.0 Å². The molecule has 0 saturated carbocycles.